The molecule has 0 radical (unpaired) electrons. The van der Waals surface area contributed by atoms with Gasteiger partial charge in [0.15, 0.2) is 9.84 Å². The highest BCUT2D eigenvalue weighted by Gasteiger charge is 2.16. The van der Waals surface area contributed by atoms with Gasteiger partial charge in [0, 0.05) is 19.0 Å². The van der Waals surface area contributed by atoms with Gasteiger partial charge in [-0.15, -0.1) is 12.4 Å². The van der Waals surface area contributed by atoms with E-state index < -0.39 is 9.84 Å². The van der Waals surface area contributed by atoms with Crippen LogP contribution < -0.4 is 11.1 Å². The summed E-state index contributed by atoms with van der Waals surface area (Å²) in [4.78, 5) is 11.7. The fourth-order valence-corrected chi connectivity index (χ4v) is 3.65. The van der Waals surface area contributed by atoms with Gasteiger partial charge in [-0.25, -0.2) is 8.42 Å². The first-order valence-electron chi connectivity index (χ1n) is 7.08. The van der Waals surface area contributed by atoms with Crippen LogP contribution in [-0.4, -0.2) is 32.4 Å². The molecule has 0 aromatic heterocycles. The molecule has 22 heavy (non-hydrogen) atoms. The van der Waals surface area contributed by atoms with Gasteiger partial charge in [0.05, 0.1) is 11.5 Å². The minimum atomic E-state index is -3.16. The number of carbonyl (C=O) groups is 1. The Kier molecular flexibility index (Phi) is 9.32. The molecular formula is C15H25ClN2O3S. The predicted octanol–water partition coefficient (Wildman–Crippen LogP) is 1.69. The summed E-state index contributed by atoms with van der Waals surface area (Å²) in [6.45, 7) is 3.99. The topological polar surface area (TPSA) is 89.3 Å². The normalized spacial score (nSPS) is 12.5. The van der Waals surface area contributed by atoms with Crippen molar-refractivity contribution in [3.63, 3.8) is 0 Å². The second kappa shape index (κ2) is 9.82. The Labute approximate surface area is 139 Å². The van der Waals surface area contributed by atoms with Crippen LogP contribution in [0.5, 0.6) is 0 Å². The Balaban J connectivity index is 0.00000441. The average Bonchev–Trinajstić information content (AvgIpc) is 2.42. The van der Waals surface area contributed by atoms with E-state index in [1.54, 1.807) is 0 Å². The van der Waals surface area contributed by atoms with E-state index >= 15 is 0 Å². The van der Waals surface area contributed by atoms with Crippen LogP contribution in [0.4, 0.5) is 0 Å². The number of rotatable bonds is 8. The largest absolute Gasteiger partial charge is 0.354 e. The van der Waals surface area contributed by atoms with Crippen LogP contribution in [0.25, 0.3) is 0 Å². The number of sulfone groups is 1. The molecule has 0 aliphatic heterocycles. The molecule has 0 saturated heterocycles. The van der Waals surface area contributed by atoms with E-state index in [4.69, 9.17) is 5.73 Å². The van der Waals surface area contributed by atoms with E-state index in [0.29, 0.717) is 6.54 Å². The standard InChI is InChI=1S/C15H24N2O3S.ClH/c1-12(2)11-21(19,20)9-8-15(18)17-10-14(16)13-6-4-3-5-7-13;/h3-7,12,14H,8-11,16H2,1-2H3,(H,17,18);1H. The lowest BCUT2D eigenvalue weighted by atomic mass is 10.1. The second-order valence-corrected chi connectivity index (χ2v) is 7.81. The zero-order chi connectivity index (χ0) is 15.9. The number of carbonyl (C=O) groups excluding carboxylic acids is 1. The Bertz CT molecular complexity index is 547. The fraction of sp³-hybridized carbons (Fsp3) is 0.533. The highest BCUT2D eigenvalue weighted by Crippen LogP contribution is 2.08. The van der Waals surface area contributed by atoms with Crippen molar-refractivity contribution in [3.05, 3.63) is 35.9 Å². The highest BCUT2D eigenvalue weighted by molar-refractivity contribution is 7.91. The third kappa shape index (κ3) is 8.36. The first-order valence-corrected chi connectivity index (χ1v) is 8.90. The molecule has 0 fully saturated rings. The van der Waals surface area contributed by atoms with Gasteiger partial charge in [0.25, 0.3) is 0 Å². The maximum atomic E-state index is 11.7. The number of amides is 1. The van der Waals surface area contributed by atoms with E-state index in [1.807, 2.05) is 44.2 Å². The van der Waals surface area contributed by atoms with E-state index in [0.717, 1.165) is 5.56 Å². The molecule has 1 atom stereocenters. The molecule has 1 aromatic rings. The van der Waals surface area contributed by atoms with Gasteiger partial charge in [-0.05, 0) is 11.5 Å². The fourth-order valence-electron chi connectivity index (χ4n) is 1.97. The van der Waals surface area contributed by atoms with Gasteiger partial charge < -0.3 is 11.1 Å². The van der Waals surface area contributed by atoms with Crippen LogP contribution in [-0.2, 0) is 14.6 Å². The first-order chi connectivity index (χ1) is 9.80. The molecule has 1 amide bonds. The molecule has 7 heteroatoms. The molecule has 1 aromatic carbocycles. The summed E-state index contributed by atoms with van der Waals surface area (Å²) in [5, 5.41) is 2.68. The van der Waals surface area contributed by atoms with Crippen molar-refractivity contribution in [2.75, 3.05) is 18.1 Å². The van der Waals surface area contributed by atoms with Crippen LogP contribution in [0.15, 0.2) is 30.3 Å². The van der Waals surface area contributed by atoms with Gasteiger partial charge in [0.2, 0.25) is 5.91 Å². The zero-order valence-corrected chi connectivity index (χ0v) is 14.6. The molecule has 1 rings (SSSR count). The minimum absolute atomic E-state index is 0. The van der Waals surface area contributed by atoms with E-state index in [2.05, 4.69) is 5.32 Å². The third-order valence-electron chi connectivity index (χ3n) is 2.97. The molecule has 0 saturated carbocycles. The minimum Gasteiger partial charge on any atom is -0.354 e. The molecule has 0 aliphatic carbocycles. The maximum Gasteiger partial charge on any atom is 0.221 e. The molecule has 0 spiro atoms. The van der Waals surface area contributed by atoms with Crippen molar-refractivity contribution in [2.45, 2.75) is 26.3 Å². The van der Waals surface area contributed by atoms with Crippen molar-refractivity contribution in [2.24, 2.45) is 11.7 Å². The van der Waals surface area contributed by atoms with Crippen LogP contribution >= 0.6 is 12.4 Å². The summed E-state index contributed by atoms with van der Waals surface area (Å²) in [5.74, 6) is -0.209. The number of hydrogen-bond donors (Lipinski definition) is 2. The van der Waals surface area contributed by atoms with Crippen molar-refractivity contribution in [3.8, 4) is 0 Å². The van der Waals surface area contributed by atoms with Gasteiger partial charge in [0.1, 0.15) is 0 Å². The molecular weight excluding hydrogens is 324 g/mol. The van der Waals surface area contributed by atoms with Crippen molar-refractivity contribution in [1.29, 1.82) is 0 Å². The molecule has 3 N–H and O–H groups in total. The summed E-state index contributed by atoms with van der Waals surface area (Å²) in [5.41, 5.74) is 6.89. The predicted molar refractivity (Wildman–Crippen MR) is 91.7 cm³/mol. The summed E-state index contributed by atoms with van der Waals surface area (Å²) in [6.07, 6.45) is -0.0173. The van der Waals surface area contributed by atoms with Crippen LogP contribution in [0.3, 0.4) is 0 Å². The molecule has 1 unspecified atom stereocenters. The van der Waals surface area contributed by atoms with E-state index in [-0.39, 0.29) is 48.2 Å². The monoisotopic (exact) mass is 348 g/mol. The van der Waals surface area contributed by atoms with Gasteiger partial charge in [-0.1, -0.05) is 44.2 Å². The smallest absolute Gasteiger partial charge is 0.221 e. The molecule has 0 heterocycles. The van der Waals surface area contributed by atoms with Gasteiger partial charge >= 0.3 is 0 Å². The van der Waals surface area contributed by atoms with E-state index in [9.17, 15) is 13.2 Å². The lowest BCUT2D eigenvalue weighted by Crippen LogP contribution is -2.33. The zero-order valence-electron chi connectivity index (χ0n) is 13.0. The molecule has 5 nitrogen and oxygen atoms in total. The lowest BCUT2D eigenvalue weighted by molar-refractivity contribution is -0.120. The Morgan fingerprint density at radius 2 is 1.82 bits per heavy atom. The summed E-state index contributed by atoms with van der Waals surface area (Å²) in [6, 6.07) is 9.16. The Hall–Kier alpha value is -1.11. The average molecular weight is 349 g/mol. The molecule has 0 bridgehead atoms. The lowest BCUT2D eigenvalue weighted by Gasteiger charge is -2.13. The van der Waals surface area contributed by atoms with Crippen molar-refractivity contribution < 1.29 is 13.2 Å². The second-order valence-electron chi connectivity index (χ2n) is 5.58. The maximum absolute atomic E-state index is 11.7. The number of nitrogens with two attached hydrogens (primary N) is 1. The quantitative estimate of drug-likeness (QED) is 0.748. The Morgan fingerprint density at radius 3 is 2.36 bits per heavy atom. The van der Waals surface area contributed by atoms with Crippen molar-refractivity contribution >= 4 is 28.2 Å². The number of benzene rings is 1. The van der Waals surface area contributed by atoms with Gasteiger partial charge in [-0.3, -0.25) is 4.79 Å². The number of nitrogens with one attached hydrogen (secondary N) is 1. The van der Waals surface area contributed by atoms with E-state index in [1.165, 1.54) is 0 Å². The summed E-state index contributed by atoms with van der Waals surface area (Å²) < 4.78 is 23.4. The van der Waals surface area contributed by atoms with Crippen molar-refractivity contribution in [1.82, 2.24) is 5.32 Å². The van der Waals surface area contributed by atoms with Crippen LogP contribution in [0.1, 0.15) is 31.9 Å². The molecule has 0 aliphatic rings. The van der Waals surface area contributed by atoms with Crippen LogP contribution in [0.2, 0.25) is 0 Å². The summed E-state index contributed by atoms with van der Waals surface area (Å²) in [7, 11) is -3.16. The number of hydrogen-bond acceptors (Lipinski definition) is 4. The van der Waals surface area contributed by atoms with Gasteiger partial charge in [-0.2, -0.15) is 0 Å². The first kappa shape index (κ1) is 20.9. The van der Waals surface area contributed by atoms with Crippen LogP contribution in [0, 0.1) is 5.92 Å². The SMILES string of the molecule is CC(C)CS(=O)(=O)CCC(=O)NCC(N)c1ccccc1.Cl. The summed E-state index contributed by atoms with van der Waals surface area (Å²) >= 11 is 0. The molecule has 126 valence electrons. The Morgan fingerprint density at radius 1 is 1.23 bits per heavy atom. The number of halogens is 1. The highest BCUT2D eigenvalue weighted by atomic mass is 35.5. The third-order valence-corrected chi connectivity index (χ3v) is 4.97.